The van der Waals surface area contributed by atoms with E-state index in [1.165, 1.54) is 12.0 Å². The van der Waals surface area contributed by atoms with Crippen molar-refractivity contribution in [3.63, 3.8) is 0 Å². The first-order chi connectivity index (χ1) is 13.5. The summed E-state index contributed by atoms with van der Waals surface area (Å²) >= 11 is 1.12. The van der Waals surface area contributed by atoms with Crippen LogP contribution in [0.25, 0.3) is 12.2 Å². The molecule has 3 heteroatoms. The monoisotopic (exact) mass is 410 g/mol. The summed E-state index contributed by atoms with van der Waals surface area (Å²) in [7, 11) is 0. The predicted octanol–water partition coefficient (Wildman–Crippen LogP) is 7.69. The molecule has 0 atom stereocenters. The number of hydrogen-bond donors (Lipinski definition) is 0. The molecule has 2 rings (SSSR count). The van der Waals surface area contributed by atoms with Crippen molar-refractivity contribution in [2.24, 2.45) is 5.41 Å². The summed E-state index contributed by atoms with van der Waals surface area (Å²) in [6, 6.07) is 13.7. The summed E-state index contributed by atoms with van der Waals surface area (Å²) in [4.78, 5) is 22.6. The third-order valence-electron chi connectivity index (χ3n) is 4.61. The fourth-order valence-corrected chi connectivity index (χ4v) is 2.74. The Labute approximate surface area is 180 Å². The first-order valence-electron chi connectivity index (χ1n) is 9.98. The first kappa shape index (κ1) is 24.9. The Morgan fingerprint density at radius 1 is 0.862 bits per heavy atom. The molecule has 0 unspecified atom stereocenters. The number of benzene rings is 2. The molecule has 0 saturated carbocycles. The van der Waals surface area contributed by atoms with Crippen LogP contribution >= 0.6 is 11.8 Å². The number of aldehydes is 1. The van der Waals surface area contributed by atoms with Gasteiger partial charge in [0.1, 0.15) is 6.29 Å². The maximum atomic E-state index is 11.0. The van der Waals surface area contributed by atoms with E-state index in [4.69, 9.17) is 0 Å². The van der Waals surface area contributed by atoms with Crippen molar-refractivity contribution in [1.29, 1.82) is 0 Å². The Hall–Kier alpha value is -2.13. The lowest BCUT2D eigenvalue weighted by Gasteiger charge is -2.19. The summed E-state index contributed by atoms with van der Waals surface area (Å²) in [6.07, 6.45) is 6.04. The minimum atomic E-state index is 0.0970. The first-order valence-corrected chi connectivity index (χ1v) is 10.9. The van der Waals surface area contributed by atoms with Crippen molar-refractivity contribution in [3.8, 4) is 0 Å². The quantitative estimate of drug-likeness (QED) is 0.288. The van der Waals surface area contributed by atoms with Gasteiger partial charge in [-0.15, -0.1) is 0 Å². The van der Waals surface area contributed by atoms with E-state index < -0.39 is 0 Å². The fraction of sp³-hybridized carbons (Fsp3) is 0.385. The van der Waals surface area contributed by atoms with Gasteiger partial charge in [0, 0.05) is 10.5 Å². The van der Waals surface area contributed by atoms with Crippen LogP contribution in [0.4, 0.5) is 0 Å². The molecule has 0 N–H and O–H groups in total. The van der Waals surface area contributed by atoms with Gasteiger partial charge < -0.3 is 0 Å². The van der Waals surface area contributed by atoms with Crippen LogP contribution < -0.4 is 0 Å². The van der Waals surface area contributed by atoms with E-state index in [0.717, 1.165) is 39.7 Å². The molecular formula is C26H34O2S. The van der Waals surface area contributed by atoms with Crippen LogP contribution in [0.15, 0.2) is 47.4 Å². The van der Waals surface area contributed by atoms with Crippen molar-refractivity contribution in [2.75, 3.05) is 0 Å². The smallest absolute Gasteiger partial charge is 0.180 e. The lowest BCUT2D eigenvalue weighted by molar-refractivity contribution is 0.112. The van der Waals surface area contributed by atoms with Gasteiger partial charge in [-0.05, 0) is 39.7 Å². The van der Waals surface area contributed by atoms with Crippen molar-refractivity contribution in [3.05, 3.63) is 64.7 Å². The highest BCUT2D eigenvalue weighted by Gasteiger charge is 2.13. The Balaban J connectivity index is 0.000000612. The van der Waals surface area contributed by atoms with Gasteiger partial charge in [0.15, 0.2) is 5.62 Å². The predicted molar refractivity (Wildman–Crippen MR) is 128 cm³/mol. The lowest BCUT2D eigenvalue weighted by atomic mass is 9.86. The molecule has 0 aromatic heterocycles. The van der Waals surface area contributed by atoms with Gasteiger partial charge in [0.05, 0.1) is 0 Å². The van der Waals surface area contributed by atoms with Crippen LogP contribution in [0.5, 0.6) is 0 Å². The number of thioether (sulfide) groups is 1. The molecule has 2 aromatic rings. The SMILES string of the molecule is CC(C)(C)c1cccc(/C=C/c2cc(C=O)ccc2SC=O)c1.CCC(C)(C)C. The van der Waals surface area contributed by atoms with E-state index in [1.54, 1.807) is 18.2 Å². The highest BCUT2D eigenvalue weighted by Crippen LogP contribution is 2.26. The highest BCUT2D eigenvalue weighted by atomic mass is 32.2. The van der Waals surface area contributed by atoms with Gasteiger partial charge in [-0.1, -0.05) is 109 Å². The second kappa shape index (κ2) is 11.2. The van der Waals surface area contributed by atoms with Gasteiger partial charge in [0.25, 0.3) is 0 Å². The maximum Gasteiger partial charge on any atom is 0.180 e. The van der Waals surface area contributed by atoms with E-state index in [1.807, 2.05) is 24.3 Å². The molecule has 29 heavy (non-hydrogen) atoms. The van der Waals surface area contributed by atoms with Crippen LogP contribution in [0.1, 0.15) is 81.9 Å². The number of hydrogen-bond acceptors (Lipinski definition) is 3. The molecule has 2 nitrogen and oxygen atoms in total. The second-order valence-electron chi connectivity index (χ2n) is 9.25. The molecule has 156 valence electrons. The Bertz CT molecular complexity index is 837. The third-order valence-corrected chi connectivity index (χ3v) is 5.34. The molecule has 0 aliphatic rings. The summed E-state index contributed by atoms with van der Waals surface area (Å²) in [5.74, 6) is 0. The normalized spacial score (nSPS) is 11.7. The molecule has 0 heterocycles. The van der Waals surface area contributed by atoms with Crippen LogP contribution in [-0.2, 0) is 10.2 Å². The van der Waals surface area contributed by atoms with Crippen LogP contribution in [-0.4, -0.2) is 11.9 Å². The average Bonchev–Trinajstić information content (AvgIpc) is 2.67. The van der Waals surface area contributed by atoms with Crippen LogP contribution in [0.3, 0.4) is 0 Å². The lowest BCUT2D eigenvalue weighted by Crippen LogP contribution is -2.10. The fourth-order valence-electron chi connectivity index (χ4n) is 2.22. The summed E-state index contributed by atoms with van der Waals surface area (Å²) in [5.41, 5.74) is 5.27. The molecule has 0 bridgehead atoms. The minimum Gasteiger partial charge on any atom is -0.298 e. The summed E-state index contributed by atoms with van der Waals surface area (Å²) < 4.78 is 0. The Morgan fingerprint density at radius 2 is 1.52 bits per heavy atom. The Morgan fingerprint density at radius 3 is 2.03 bits per heavy atom. The van der Waals surface area contributed by atoms with Crippen LogP contribution in [0.2, 0.25) is 0 Å². The van der Waals surface area contributed by atoms with Crippen molar-refractivity contribution >= 4 is 35.8 Å². The standard InChI is InChI=1S/C20H20O2S.C6H14/c1-20(2,3)18-6-4-5-15(12-18)7-9-17-11-16(13-21)8-10-19(17)23-14-22;1-5-6(2,3)4/h4-14H,1-3H3;5H2,1-4H3/b9-7+;. The van der Waals surface area contributed by atoms with Crippen LogP contribution in [0, 0.1) is 5.41 Å². The zero-order valence-electron chi connectivity index (χ0n) is 18.8. The zero-order valence-corrected chi connectivity index (χ0v) is 19.6. The molecule has 0 spiro atoms. The molecule has 0 aliphatic heterocycles. The summed E-state index contributed by atoms with van der Waals surface area (Å²) in [5, 5.41) is 0. The van der Waals surface area contributed by atoms with Gasteiger partial charge in [-0.25, -0.2) is 0 Å². The number of carbonyl (C=O) groups is 2. The second-order valence-corrected chi connectivity index (χ2v) is 10.1. The highest BCUT2D eigenvalue weighted by molar-refractivity contribution is 8.12. The van der Waals surface area contributed by atoms with Crippen molar-refractivity contribution in [2.45, 2.75) is 65.2 Å². The van der Waals surface area contributed by atoms with Crippen molar-refractivity contribution in [1.82, 2.24) is 0 Å². The number of rotatable bonds is 5. The average molecular weight is 411 g/mol. The summed E-state index contributed by atoms with van der Waals surface area (Å²) in [6.45, 7) is 15.5. The minimum absolute atomic E-state index is 0.0970. The molecule has 0 fully saturated rings. The Kier molecular flexibility index (Phi) is 9.58. The van der Waals surface area contributed by atoms with E-state index in [9.17, 15) is 9.59 Å². The van der Waals surface area contributed by atoms with Gasteiger partial charge in [0.2, 0.25) is 0 Å². The third kappa shape index (κ3) is 9.27. The molecule has 0 aliphatic carbocycles. The topological polar surface area (TPSA) is 34.1 Å². The van der Waals surface area contributed by atoms with E-state index in [-0.39, 0.29) is 5.41 Å². The maximum absolute atomic E-state index is 11.0. The van der Waals surface area contributed by atoms with Gasteiger partial charge in [-0.3, -0.25) is 9.59 Å². The largest absolute Gasteiger partial charge is 0.298 e. The van der Waals surface area contributed by atoms with Gasteiger partial charge >= 0.3 is 0 Å². The molecule has 0 radical (unpaired) electrons. The van der Waals surface area contributed by atoms with E-state index in [2.05, 4.69) is 60.6 Å². The van der Waals surface area contributed by atoms with Gasteiger partial charge in [-0.2, -0.15) is 0 Å². The molecular weight excluding hydrogens is 376 g/mol. The molecule has 0 saturated heterocycles. The number of carbonyl (C=O) groups excluding carboxylic acids is 2. The molecule has 0 amide bonds. The zero-order chi connectivity index (χ0) is 22.1. The molecule has 2 aromatic carbocycles. The van der Waals surface area contributed by atoms with E-state index in [0.29, 0.717) is 11.0 Å². The van der Waals surface area contributed by atoms with E-state index >= 15 is 0 Å². The van der Waals surface area contributed by atoms with Crippen molar-refractivity contribution < 1.29 is 9.59 Å².